The maximum atomic E-state index is 12.5. The largest absolute Gasteiger partial charge is 0.348 e. The van der Waals surface area contributed by atoms with Crippen LogP contribution in [0.4, 0.5) is 0 Å². The highest BCUT2D eigenvalue weighted by atomic mass is 17.3. The molecule has 2 aromatic carbocycles. The Balaban J connectivity index is 1.28. The lowest BCUT2D eigenvalue weighted by Crippen LogP contribution is -2.73. The summed E-state index contributed by atoms with van der Waals surface area (Å²) in [6, 6.07) is 17.3. The number of rotatable bonds is 5. The Morgan fingerprint density at radius 3 is 2.42 bits per heavy atom. The van der Waals surface area contributed by atoms with Crippen LogP contribution in [-0.2, 0) is 21.1 Å². The van der Waals surface area contributed by atoms with E-state index < -0.39 is 17.0 Å². The number of amides is 1. The lowest BCUT2D eigenvalue weighted by atomic mass is 9.57. The minimum absolute atomic E-state index is 0.0797. The molecule has 4 aliphatic rings. The van der Waals surface area contributed by atoms with E-state index in [4.69, 9.17) is 14.5 Å². The first-order chi connectivity index (χ1) is 15.8. The molecule has 5 nitrogen and oxygen atoms in total. The van der Waals surface area contributed by atoms with Crippen molar-refractivity contribution in [1.82, 2.24) is 5.32 Å². The summed E-state index contributed by atoms with van der Waals surface area (Å²) in [6.45, 7) is 7.06. The molecular weight excluding hydrogens is 414 g/mol. The quantitative estimate of drug-likeness (QED) is 0.482. The van der Waals surface area contributed by atoms with Crippen LogP contribution in [0.5, 0.6) is 0 Å². The van der Waals surface area contributed by atoms with Crippen molar-refractivity contribution >= 4 is 12.0 Å². The molecule has 2 fully saturated rings. The van der Waals surface area contributed by atoms with E-state index in [9.17, 15) is 4.79 Å². The van der Waals surface area contributed by atoms with Crippen LogP contribution in [0.3, 0.4) is 0 Å². The zero-order chi connectivity index (χ0) is 23.2. The third-order valence-corrected chi connectivity index (χ3v) is 7.46. The Morgan fingerprint density at radius 1 is 0.970 bits per heavy atom. The normalized spacial score (nSPS) is 32.0. The van der Waals surface area contributed by atoms with Gasteiger partial charge in [0.15, 0.2) is 5.60 Å². The molecule has 1 N–H and O–H groups in total. The van der Waals surface area contributed by atoms with Crippen LogP contribution in [0.2, 0.25) is 0 Å². The Labute approximate surface area is 195 Å². The van der Waals surface area contributed by atoms with Gasteiger partial charge in [0.1, 0.15) is 5.60 Å². The van der Waals surface area contributed by atoms with Gasteiger partial charge in [-0.25, -0.2) is 4.89 Å². The van der Waals surface area contributed by atoms with Gasteiger partial charge < -0.3 is 10.1 Å². The van der Waals surface area contributed by atoms with E-state index in [-0.39, 0.29) is 11.3 Å². The Morgan fingerprint density at radius 2 is 1.73 bits per heavy atom. The monoisotopic (exact) mass is 445 g/mol. The van der Waals surface area contributed by atoms with E-state index in [1.54, 1.807) is 0 Å². The zero-order valence-electron chi connectivity index (χ0n) is 19.5. The predicted molar refractivity (Wildman–Crippen MR) is 127 cm³/mol. The van der Waals surface area contributed by atoms with Gasteiger partial charge >= 0.3 is 0 Å². The van der Waals surface area contributed by atoms with Crippen LogP contribution in [0.1, 0.15) is 61.5 Å². The smallest absolute Gasteiger partial charge is 0.251 e. The van der Waals surface area contributed by atoms with Crippen LogP contribution >= 0.6 is 0 Å². The van der Waals surface area contributed by atoms with E-state index in [1.165, 1.54) is 0 Å². The van der Waals surface area contributed by atoms with Gasteiger partial charge in [0, 0.05) is 17.5 Å². The molecule has 3 heterocycles. The summed E-state index contributed by atoms with van der Waals surface area (Å²) in [7, 11) is 0. The fourth-order valence-corrected chi connectivity index (χ4v) is 5.46. The average molecular weight is 446 g/mol. The van der Waals surface area contributed by atoms with Crippen molar-refractivity contribution in [1.29, 1.82) is 0 Å². The second-order valence-corrected chi connectivity index (χ2v) is 10.2. The number of carbonyl (C=O) groups excluding carboxylic acids is 1. The number of carbonyl (C=O) groups is 1. The first kappa shape index (κ1) is 22.1. The molecule has 2 bridgehead atoms. The highest BCUT2D eigenvalue weighted by Gasteiger charge is 2.68. The van der Waals surface area contributed by atoms with E-state index >= 15 is 0 Å². The molecular formula is C28H31NO4. The van der Waals surface area contributed by atoms with Crippen molar-refractivity contribution in [2.24, 2.45) is 5.41 Å². The molecule has 3 aliphatic heterocycles. The van der Waals surface area contributed by atoms with Crippen LogP contribution in [-0.4, -0.2) is 22.9 Å². The zero-order valence-corrected chi connectivity index (χ0v) is 19.5. The molecule has 6 rings (SSSR count). The van der Waals surface area contributed by atoms with Gasteiger partial charge in [-0.2, -0.15) is 4.89 Å². The van der Waals surface area contributed by atoms with Crippen molar-refractivity contribution in [3.8, 4) is 0 Å². The first-order valence-corrected chi connectivity index (χ1v) is 11.7. The van der Waals surface area contributed by atoms with Crippen LogP contribution in [0.25, 0.3) is 6.08 Å². The maximum Gasteiger partial charge on any atom is 0.251 e. The van der Waals surface area contributed by atoms with Gasteiger partial charge in [0.2, 0.25) is 5.79 Å². The lowest BCUT2D eigenvalue weighted by Gasteiger charge is -2.64. The fraction of sp³-hybridized carbons (Fsp3) is 0.393. The molecule has 3 atom stereocenters. The summed E-state index contributed by atoms with van der Waals surface area (Å²) < 4.78 is 6.56. The van der Waals surface area contributed by atoms with Crippen molar-refractivity contribution in [2.75, 3.05) is 0 Å². The van der Waals surface area contributed by atoms with E-state index in [2.05, 4.69) is 32.2 Å². The van der Waals surface area contributed by atoms with Crippen molar-refractivity contribution in [3.63, 3.8) is 0 Å². The Hall–Kier alpha value is -2.73. The molecule has 1 saturated heterocycles. The maximum absolute atomic E-state index is 12.5. The second-order valence-electron chi connectivity index (χ2n) is 10.2. The number of nitrogens with one attached hydrogen (secondary N) is 1. The van der Waals surface area contributed by atoms with E-state index in [0.717, 1.165) is 30.4 Å². The summed E-state index contributed by atoms with van der Waals surface area (Å²) in [5.41, 5.74) is 1.52. The summed E-state index contributed by atoms with van der Waals surface area (Å²) in [4.78, 5) is 24.4. The molecule has 1 amide bonds. The average Bonchev–Trinajstić information content (AvgIpc) is 2.82. The fourth-order valence-electron chi connectivity index (χ4n) is 5.46. The highest BCUT2D eigenvalue weighted by molar-refractivity contribution is 5.94. The third kappa shape index (κ3) is 3.74. The molecule has 172 valence electrons. The van der Waals surface area contributed by atoms with Crippen molar-refractivity contribution in [3.05, 3.63) is 89.5 Å². The number of benzene rings is 2. The number of fused-ring (bicyclic) bond motifs is 1. The molecule has 1 aliphatic carbocycles. The molecule has 0 unspecified atom stereocenters. The van der Waals surface area contributed by atoms with Crippen molar-refractivity contribution < 1.29 is 19.3 Å². The number of hydrogen-bond donors (Lipinski definition) is 1. The Bertz CT molecular complexity index is 1090. The Kier molecular flexibility index (Phi) is 5.31. The standard InChI is InChI=1S/C28H31NO4/c1-25(2)15-7-16-26(3)28(25)19-18-27(31-26,32-33-28)17-14-21-10-12-23(13-11-21)24(30)29-20-22-8-5-4-6-9-22/h4-6,8-14,17-19H,7,15-16,20H2,1-3H3,(H,29,30)/b17-14+/t26-,27+,28+/m0/s1. The SMILES string of the molecule is CC1(C)CCC[C@]2(C)O[C@@]3(/C=C/c4ccc(C(=O)NCc5ccccc5)cc4)C=C[C@@]12OO3. The van der Waals surface area contributed by atoms with E-state index in [0.29, 0.717) is 12.1 Å². The number of ether oxygens (including phenoxy) is 1. The molecule has 0 radical (unpaired) electrons. The number of hydrogen-bond acceptors (Lipinski definition) is 4. The van der Waals surface area contributed by atoms with Gasteiger partial charge in [-0.15, -0.1) is 0 Å². The third-order valence-electron chi connectivity index (χ3n) is 7.46. The molecule has 0 aromatic heterocycles. The summed E-state index contributed by atoms with van der Waals surface area (Å²) >= 11 is 0. The van der Waals surface area contributed by atoms with Gasteiger partial charge in [0.05, 0.1) is 0 Å². The predicted octanol–water partition coefficient (Wildman–Crippen LogP) is 5.58. The van der Waals surface area contributed by atoms with Gasteiger partial charge in [-0.1, -0.05) is 62.4 Å². The second kappa shape index (κ2) is 7.94. The molecule has 2 aromatic rings. The summed E-state index contributed by atoms with van der Waals surface area (Å²) in [5.74, 6) is -1.14. The van der Waals surface area contributed by atoms with Gasteiger partial charge in [-0.05, 0) is 67.7 Å². The summed E-state index contributed by atoms with van der Waals surface area (Å²) in [5, 5.41) is 2.95. The highest BCUT2D eigenvalue weighted by Crippen LogP contribution is 2.60. The van der Waals surface area contributed by atoms with E-state index in [1.807, 2.05) is 72.8 Å². The van der Waals surface area contributed by atoms with Crippen molar-refractivity contribution in [2.45, 2.75) is 63.6 Å². The molecule has 5 heteroatoms. The van der Waals surface area contributed by atoms with Crippen LogP contribution in [0, 0.1) is 5.41 Å². The minimum atomic E-state index is -1.05. The summed E-state index contributed by atoms with van der Waals surface area (Å²) in [6.07, 6.45) is 11.0. The van der Waals surface area contributed by atoms with Gasteiger partial charge in [-0.3, -0.25) is 4.79 Å². The molecule has 1 saturated carbocycles. The molecule has 1 spiro atoms. The minimum Gasteiger partial charge on any atom is -0.348 e. The topological polar surface area (TPSA) is 56.8 Å². The first-order valence-electron chi connectivity index (χ1n) is 11.7. The van der Waals surface area contributed by atoms with Crippen LogP contribution in [0.15, 0.2) is 72.8 Å². The van der Waals surface area contributed by atoms with Gasteiger partial charge in [0.25, 0.3) is 5.91 Å². The lowest BCUT2D eigenvalue weighted by molar-refractivity contribution is -0.540. The molecule has 33 heavy (non-hydrogen) atoms. The van der Waals surface area contributed by atoms with Crippen LogP contribution < -0.4 is 5.32 Å².